The molecule has 0 bridgehead atoms. The van der Waals surface area contributed by atoms with Gasteiger partial charge in [-0.2, -0.15) is 0 Å². The zero-order valence-electron chi connectivity index (χ0n) is 49.0. The Morgan fingerprint density at radius 2 is 0.636 bits per heavy atom. The normalized spacial score (nSPS) is 15.5. The van der Waals surface area contributed by atoms with Crippen molar-refractivity contribution >= 4 is 59.1 Å². The highest BCUT2D eigenvalue weighted by Crippen LogP contribution is 2.16. The van der Waals surface area contributed by atoms with Crippen molar-refractivity contribution < 1.29 is 47.9 Å². The minimum atomic E-state index is -1.21. The molecule has 23 nitrogen and oxygen atoms in total. The second kappa shape index (κ2) is 37.4. The van der Waals surface area contributed by atoms with Crippen LogP contribution < -0.4 is 70.8 Å². The first-order valence-corrected chi connectivity index (χ1v) is 28.1. The second-order valence-electron chi connectivity index (χ2n) is 23.0. The van der Waals surface area contributed by atoms with Gasteiger partial charge in [0.15, 0.2) is 0 Å². The van der Waals surface area contributed by atoms with E-state index in [1.165, 1.54) is 0 Å². The van der Waals surface area contributed by atoms with Gasteiger partial charge in [-0.25, -0.2) is 0 Å². The number of carbonyl (C=O) groups excluding carboxylic acids is 10. The van der Waals surface area contributed by atoms with Crippen LogP contribution in [-0.4, -0.2) is 133 Å². The average molecular weight is 1090 g/mol. The van der Waals surface area contributed by atoms with Gasteiger partial charge < -0.3 is 70.8 Å². The molecular formula is C54H103N13O10. The molecule has 0 spiro atoms. The third kappa shape index (κ3) is 28.2. The fourth-order valence-corrected chi connectivity index (χ4v) is 8.47. The minimum Gasteiger partial charge on any atom is -0.368 e. The summed E-state index contributed by atoms with van der Waals surface area (Å²) >= 11 is 0. The van der Waals surface area contributed by atoms with Crippen molar-refractivity contribution in [1.82, 2.24) is 47.9 Å². The minimum absolute atomic E-state index is 0.0104. The van der Waals surface area contributed by atoms with Gasteiger partial charge in [0.2, 0.25) is 59.1 Å². The maximum absolute atomic E-state index is 14.4. The van der Waals surface area contributed by atoms with E-state index in [0.717, 1.165) is 0 Å². The molecule has 0 rings (SSSR count). The molecule has 0 heterocycles. The first kappa shape index (κ1) is 71.6. The van der Waals surface area contributed by atoms with Crippen molar-refractivity contribution in [2.45, 2.75) is 222 Å². The predicted molar refractivity (Wildman–Crippen MR) is 298 cm³/mol. The Kier molecular flexibility index (Phi) is 34.8. The fraction of sp³-hybridized carbons (Fsp3) is 0.815. The molecule has 0 aliphatic rings. The summed E-state index contributed by atoms with van der Waals surface area (Å²) in [4.78, 5) is 137. The summed E-state index contributed by atoms with van der Waals surface area (Å²) in [7, 11) is 0. The fourth-order valence-electron chi connectivity index (χ4n) is 8.47. The van der Waals surface area contributed by atoms with Crippen LogP contribution in [0.4, 0.5) is 0 Å². The standard InChI is InChI=1S/C54H103N13O10/c1-15-35(14)45(54(77)61-37(21-17-19-23-56)48(71)65-43(33(10)11)52(75)64-41(27-32(8)9)51(74)62-38(46(58)69)24-29(2)3)67-53(76)44(34(12)13)66-47(70)36(20-16-18-22-55)60-50(73)40(26-31(6)7)63-49(72)39(25-30(4)5)59-42(68)28-57/h29-41,43-45H,15-28,55-57H2,1-14H3,(H2,58,69)(H,59,68)(H,60,73)(H,61,77)(H,62,74)(H,63,72)(H,64,75)(H,65,71)(H,66,70)(H,67,76)/t35-,36-,37-,38-,39-,40-,41-,43-,44-,45-/m0/s1. The number of rotatable bonds is 39. The van der Waals surface area contributed by atoms with Gasteiger partial charge in [0.05, 0.1) is 6.54 Å². The molecule has 10 amide bonds. The molecule has 0 aromatic rings. The summed E-state index contributed by atoms with van der Waals surface area (Å²) in [5.74, 6) is -8.07. The molecule has 23 heteroatoms. The maximum atomic E-state index is 14.4. The van der Waals surface area contributed by atoms with Gasteiger partial charge in [0, 0.05) is 0 Å². The van der Waals surface area contributed by atoms with Crippen molar-refractivity contribution in [3.05, 3.63) is 0 Å². The molecule has 0 aromatic heterocycles. The predicted octanol–water partition coefficient (Wildman–Crippen LogP) is 0.594. The summed E-state index contributed by atoms with van der Waals surface area (Å²) < 4.78 is 0. The topological polar surface area (TPSA) is 383 Å². The number of nitrogens with two attached hydrogens (primary N) is 4. The molecule has 0 radical (unpaired) electrons. The van der Waals surface area contributed by atoms with Gasteiger partial charge in [-0.3, -0.25) is 47.9 Å². The summed E-state index contributed by atoms with van der Waals surface area (Å²) in [5, 5.41) is 24.8. The molecule has 0 unspecified atom stereocenters. The molecule has 0 aliphatic heterocycles. The van der Waals surface area contributed by atoms with Crippen molar-refractivity contribution in [2.75, 3.05) is 19.6 Å². The number of carbonyl (C=O) groups is 10. The third-order valence-corrected chi connectivity index (χ3v) is 13.0. The highest BCUT2D eigenvalue weighted by molar-refractivity contribution is 5.98. The van der Waals surface area contributed by atoms with Crippen LogP contribution in [0.3, 0.4) is 0 Å². The highest BCUT2D eigenvalue weighted by Gasteiger charge is 2.38. The van der Waals surface area contributed by atoms with E-state index < -0.39 is 131 Å². The number of hydrogen-bond acceptors (Lipinski definition) is 13. The summed E-state index contributed by atoms with van der Waals surface area (Å²) in [6.45, 7) is 25.7. The monoisotopic (exact) mass is 1090 g/mol. The van der Waals surface area contributed by atoms with Gasteiger partial charge in [-0.1, -0.05) is 103 Å². The summed E-state index contributed by atoms with van der Waals surface area (Å²) in [5.41, 5.74) is 22.7. The summed E-state index contributed by atoms with van der Waals surface area (Å²) in [6, 6.07) is -10.0. The SMILES string of the molecule is CC[C@H](C)[C@H](NC(=O)[C@@H](NC(=O)[C@H](CCCCN)NC(=O)[C@H](CC(C)C)NC(=O)[C@H](CC(C)C)NC(=O)CN)C(C)C)C(=O)N[C@@H](CCCCN)C(=O)N[C@H](C(=O)N[C@@H](CC(C)C)C(=O)N[C@@H](CC(C)C)C(N)=O)C(C)C. The van der Waals surface area contributed by atoms with Crippen LogP contribution in [0.1, 0.15) is 168 Å². The Morgan fingerprint density at radius 1 is 0.351 bits per heavy atom. The van der Waals surface area contributed by atoms with Crippen LogP contribution in [0.25, 0.3) is 0 Å². The first-order chi connectivity index (χ1) is 35.9. The lowest BCUT2D eigenvalue weighted by Gasteiger charge is -2.31. The Bertz CT molecular complexity index is 1880. The lowest BCUT2D eigenvalue weighted by molar-refractivity contribution is -0.137. The van der Waals surface area contributed by atoms with Crippen LogP contribution in [0.5, 0.6) is 0 Å². The molecule has 17 N–H and O–H groups in total. The van der Waals surface area contributed by atoms with Crippen LogP contribution >= 0.6 is 0 Å². The van der Waals surface area contributed by atoms with Crippen LogP contribution in [-0.2, 0) is 47.9 Å². The van der Waals surface area contributed by atoms with Crippen molar-refractivity contribution in [3.8, 4) is 0 Å². The maximum Gasteiger partial charge on any atom is 0.243 e. The smallest absolute Gasteiger partial charge is 0.243 e. The van der Waals surface area contributed by atoms with Crippen molar-refractivity contribution in [1.29, 1.82) is 0 Å². The zero-order valence-corrected chi connectivity index (χ0v) is 49.0. The van der Waals surface area contributed by atoms with E-state index in [1.54, 1.807) is 34.6 Å². The average Bonchev–Trinajstić information content (AvgIpc) is 3.33. The lowest BCUT2D eigenvalue weighted by Crippen LogP contribution is -2.62. The van der Waals surface area contributed by atoms with E-state index in [-0.39, 0.29) is 62.3 Å². The molecule has 0 aliphatic carbocycles. The molecule has 0 aromatic carbocycles. The van der Waals surface area contributed by atoms with Gasteiger partial charge in [0.25, 0.3) is 0 Å². The first-order valence-electron chi connectivity index (χ1n) is 28.1. The molecule has 0 saturated heterocycles. The van der Waals surface area contributed by atoms with E-state index in [9.17, 15) is 47.9 Å². The van der Waals surface area contributed by atoms with E-state index in [2.05, 4.69) is 47.9 Å². The highest BCUT2D eigenvalue weighted by atomic mass is 16.2. The number of hydrogen-bond donors (Lipinski definition) is 13. The third-order valence-electron chi connectivity index (χ3n) is 13.0. The lowest BCUT2D eigenvalue weighted by atomic mass is 9.95. The Hall–Kier alpha value is -5.42. The van der Waals surface area contributed by atoms with Gasteiger partial charge in [-0.15, -0.1) is 0 Å². The van der Waals surface area contributed by atoms with Crippen LogP contribution in [0.15, 0.2) is 0 Å². The van der Waals surface area contributed by atoms with E-state index in [4.69, 9.17) is 22.9 Å². The van der Waals surface area contributed by atoms with Crippen LogP contribution in [0, 0.1) is 41.4 Å². The molecule has 0 fully saturated rings. The zero-order chi connectivity index (χ0) is 59.3. The van der Waals surface area contributed by atoms with Crippen molar-refractivity contribution in [3.63, 3.8) is 0 Å². The van der Waals surface area contributed by atoms with Gasteiger partial charge in [0.1, 0.15) is 54.4 Å². The van der Waals surface area contributed by atoms with Gasteiger partial charge >= 0.3 is 0 Å². The van der Waals surface area contributed by atoms with E-state index in [0.29, 0.717) is 51.6 Å². The number of amides is 10. The molecule has 10 atom stereocenters. The number of unbranched alkanes of at least 4 members (excludes halogenated alkanes) is 2. The Balaban J connectivity index is 6.74. The Labute approximate surface area is 459 Å². The number of nitrogens with one attached hydrogen (secondary N) is 9. The van der Waals surface area contributed by atoms with Gasteiger partial charge in [-0.05, 0) is 119 Å². The van der Waals surface area contributed by atoms with Crippen LogP contribution in [0.2, 0.25) is 0 Å². The molecule has 0 saturated carbocycles. The molecule has 444 valence electrons. The molecule has 77 heavy (non-hydrogen) atoms. The van der Waals surface area contributed by atoms with E-state index >= 15 is 0 Å². The number of primary amides is 1. The summed E-state index contributed by atoms with van der Waals surface area (Å²) in [6.07, 6.45) is 3.57. The largest absolute Gasteiger partial charge is 0.368 e. The Morgan fingerprint density at radius 3 is 0.974 bits per heavy atom. The van der Waals surface area contributed by atoms with Crippen molar-refractivity contribution in [2.24, 2.45) is 64.4 Å². The molecular weight excluding hydrogens is 991 g/mol. The quantitative estimate of drug-likeness (QED) is 0.0376. The second-order valence-corrected chi connectivity index (χ2v) is 23.0. The van der Waals surface area contributed by atoms with E-state index in [1.807, 2.05) is 62.3 Å².